The zero-order chi connectivity index (χ0) is 16.7. The number of rotatable bonds is 6. The van der Waals surface area contributed by atoms with E-state index < -0.39 is 45.7 Å². The van der Waals surface area contributed by atoms with Gasteiger partial charge in [0, 0.05) is 0 Å². The molecule has 20 heavy (non-hydrogen) atoms. The molecule has 0 N–H and O–H groups in total. The Balaban J connectivity index is 5.81. The van der Waals surface area contributed by atoms with Crippen LogP contribution in [0.3, 0.4) is 0 Å². The first-order valence-corrected chi connectivity index (χ1v) is 27.4. The van der Waals surface area contributed by atoms with E-state index in [4.69, 9.17) is 10.0 Å². The second-order valence-electron chi connectivity index (χ2n) is 10.7. The van der Waals surface area contributed by atoms with Crippen molar-refractivity contribution in [2.24, 2.45) is 0 Å². The van der Waals surface area contributed by atoms with E-state index in [-0.39, 0.29) is 0 Å². The fourth-order valence-corrected chi connectivity index (χ4v) is 77.4. The average Bonchev–Trinajstić information content (AvgIpc) is 1.88. The Morgan fingerprint density at radius 1 is 0.500 bits per heavy atom. The van der Waals surface area contributed by atoms with E-state index in [1.54, 1.807) is 0 Å². The number of halogens is 1. The van der Waals surface area contributed by atoms with Gasteiger partial charge in [-0.3, -0.25) is 0 Å². The molecule has 0 aliphatic carbocycles. The molecule has 0 unspecified atom stereocenters. The van der Waals surface area contributed by atoms with E-state index in [1.165, 1.54) is 0 Å². The molecule has 1 radical (unpaired) electrons. The Hall–Kier alpha value is 1.70. The van der Waals surface area contributed by atoms with Crippen LogP contribution in [-0.2, 0) is 0 Å². The zero-order valence-electron chi connectivity index (χ0n) is 16.0. The van der Waals surface area contributed by atoms with Crippen molar-refractivity contribution in [3.05, 3.63) is 0 Å². The van der Waals surface area contributed by atoms with Gasteiger partial charge in [-0.05, 0) is 0 Å². The van der Waals surface area contributed by atoms with Crippen molar-refractivity contribution in [2.45, 2.75) is 86.6 Å². The van der Waals surface area contributed by atoms with Crippen molar-refractivity contribution in [1.29, 1.82) is 0 Å². The van der Waals surface area contributed by atoms with Crippen LogP contribution in [-0.4, -0.2) is 45.7 Å². The average molecular weight is 427 g/mol. The summed E-state index contributed by atoms with van der Waals surface area (Å²) in [6, 6.07) is 0. The molecule has 0 heterocycles. The van der Waals surface area contributed by atoms with Crippen molar-refractivity contribution in [1.82, 2.24) is 0 Å². The third-order valence-corrected chi connectivity index (χ3v) is 58.0. The first-order chi connectivity index (χ1) is 8.40. The van der Waals surface area contributed by atoms with Crippen LogP contribution in [0, 0.1) is 0 Å². The summed E-state index contributed by atoms with van der Waals surface area (Å²) in [6.07, 6.45) is 0. The van der Waals surface area contributed by atoms with Gasteiger partial charge in [-0.25, -0.2) is 0 Å². The molecule has 0 aliphatic rings. The van der Waals surface area contributed by atoms with Gasteiger partial charge >= 0.3 is 142 Å². The summed E-state index contributed by atoms with van der Waals surface area (Å²) in [4.78, 5) is 0. The van der Waals surface area contributed by atoms with Crippen LogP contribution in [0.1, 0.15) is 0 Å². The van der Waals surface area contributed by atoms with Gasteiger partial charge in [0.1, 0.15) is 0 Å². The molecule has 0 bridgehead atoms. The predicted molar refractivity (Wildman–Crippen MR) is 112 cm³/mol. The maximum absolute atomic E-state index is 7.46. The topological polar surface area (TPSA) is 0 Å². The molecule has 0 rings (SSSR count). The van der Waals surface area contributed by atoms with Gasteiger partial charge in [0.2, 0.25) is 0 Å². The van der Waals surface area contributed by atoms with Gasteiger partial charge in [0.15, 0.2) is 0 Å². The van der Waals surface area contributed by atoms with Crippen LogP contribution in [0.4, 0.5) is 0 Å². The minimum absolute atomic E-state index is 0.986. The third-order valence-electron chi connectivity index (χ3n) is 4.02. The molecule has 0 aromatic rings. The summed E-state index contributed by atoms with van der Waals surface area (Å²) < 4.78 is 1.97. The Morgan fingerprint density at radius 2 is 0.650 bits per heavy atom. The Labute approximate surface area is 141 Å². The van der Waals surface area contributed by atoms with E-state index in [9.17, 15) is 0 Å². The summed E-state index contributed by atoms with van der Waals surface area (Å²) in [6.45, 7) is 31.0. The van der Waals surface area contributed by atoms with E-state index in [1.807, 2.05) is 0 Å². The summed E-state index contributed by atoms with van der Waals surface area (Å²) in [7, 11) is 2.83. The standard InChI is InChI=1S/C14H38ClGeSi4/c1-17(2,3)13(18(4,5)6)16(15)14(19(7,8)9)20(10,11)12/h13-14H,1-12H3. The van der Waals surface area contributed by atoms with Gasteiger partial charge in [0.05, 0.1) is 0 Å². The normalized spacial score (nSPS) is 15.6. The van der Waals surface area contributed by atoms with Crippen LogP contribution in [0.2, 0.25) is 86.6 Å². The molecule has 121 valence electrons. The van der Waals surface area contributed by atoms with Crippen LogP contribution in [0.25, 0.3) is 0 Å². The summed E-state index contributed by atoms with van der Waals surface area (Å²) in [5, 5.41) is 0. The van der Waals surface area contributed by atoms with Gasteiger partial charge in [0.25, 0.3) is 0 Å². The van der Waals surface area contributed by atoms with E-state index in [2.05, 4.69) is 78.6 Å². The molecule has 6 heteroatoms. The zero-order valence-corrected chi connectivity index (χ0v) is 22.9. The van der Waals surface area contributed by atoms with Gasteiger partial charge < -0.3 is 0 Å². The Kier molecular flexibility index (Phi) is 7.24. The van der Waals surface area contributed by atoms with Crippen molar-refractivity contribution in [2.75, 3.05) is 0 Å². The second kappa shape index (κ2) is 6.67. The molecule has 0 saturated heterocycles. The molecule has 0 aromatic heterocycles. The number of hydrogen-bond acceptors (Lipinski definition) is 0. The van der Waals surface area contributed by atoms with E-state index in [0.29, 0.717) is 0 Å². The molecular formula is C14H38ClGeSi4. The van der Waals surface area contributed by atoms with Gasteiger partial charge in [-0.1, -0.05) is 0 Å². The molecule has 0 spiro atoms. The molecule has 0 nitrogen and oxygen atoms in total. The molecular weight excluding hydrogens is 389 g/mol. The van der Waals surface area contributed by atoms with Gasteiger partial charge in [-0.15, -0.1) is 0 Å². The summed E-state index contributed by atoms with van der Waals surface area (Å²) >= 11 is -1.54. The first-order valence-electron chi connectivity index (χ1n) is 7.92. The van der Waals surface area contributed by atoms with Crippen molar-refractivity contribution >= 4 is 55.7 Å². The summed E-state index contributed by atoms with van der Waals surface area (Å²) in [5.41, 5.74) is 0. The quantitative estimate of drug-likeness (QED) is 0.427. The molecule has 0 atom stereocenters. The Morgan fingerprint density at radius 3 is 0.750 bits per heavy atom. The van der Waals surface area contributed by atoms with Crippen LogP contribution in [0.15, 0.2) is 0 Å². The fourth-order valence-electron chi connectivity index (χ4n) is 4.42. The second-order valence-corrected chi connectivity index (χ2v) is 44.3. The molecule has 0 amide bonds. The molecule has 0 saturated carbocycles. The molecule has 0 fully saturated rings. The number of hydrogen-bond donors (Lipinski definition) is 0. The van der Waals surface area contributed by atoms with Crippen LogP contribution >= 0.6 is 10.0 Å². The Bertz CT molecular complexity index is 260. The fraction of sp³-hybridized carbons (Fsp3) is 1.00. The summed E-state index contributed by atoms with van der Waals surface area (Å²) in [5.74, 6) is 0. The van der Waals surface area contributed by atoms with Crippen molar-refractivity contribution in [3.63, 3.8) is 0 Å². The molecule has 0 aromatic carbocycles. The van der Waals surface area contributed by atoms with E-state index in [0.717, 1.165) is 7.99 Å². The van der Waals surface area contributed by atoms with E-state index >= 15 is 0 Å². The first kappa shape index (κ1) is 21.7. The maximum atomic E-state index is 7.46. The SMILES string of the molecule is C[Si](C)(C)[CH]([Ge]([Cl])[CH]([Si](C)(C)C)[Si](C)(C)C)[Si](C)(C)C. The van der Waals surface area contributed by atoms with Gasteiger partial charge in [-0.2, -0.15) is 0 Å². The monoisotopic (exact) mass is 427 g/mol. The van der Waals surface area contributed by atoms with Crippen LogP contribution in [0.5, 0.6) is 0 Å². The van der Waals surface area contributed by atoms with Crippen molar-refractivity contribution in [3.8, 4) is 0 Å². The van der Waals surface area contributed by atoms with Crippen LogP contribution < -0.4 is 0 Å². The molecule has 0 aliphatic heterocycles. The third kappa shape index (κ3) is 6.07. The predicted octanol–water partition coefficient (Wildman–Crippen LogP) is 6.47. The van der Waals surface area contributed by atoms with Crippen molar-refractivity contribution < 1.29 is 0 Å². The minimum atomic E-state index is -1.54.